The summed E-state index contributed by atoms with van der Waals surface area (Å²) in [6.07, 6.45) is 2.93. The van der Waals surface area contributed by atoms with E-state index in [-0.39, 0.29) is 5.92 Å². The molecule has 1 fully saturated rings. The monoisotopic (exact) mass is 294 g/mol. The van der Waals surface area contributed by atoms with Crippen LogP contribution in [0.4, 0.5) is 0 Å². The van der Waals surface area contributed by atoms with Gasteiger partial charge in [-0.3, -0.25) is 0 Å². The van der Waals surface area contributed by atoms with Crippen LogP contribution in [0.25, 0.3) is 0 Å². The Morgan fingerprint density at radius 2 is 1.50 bits per heavy atom. The fourth-order valence-electron chi connectivity index (χ4n) is 3.65. The highest BCUT2D eigenvalue weighted by Gasteiger charge is 2.71. The molecule has 0 amide bonds. The zero-order valence-electron chi connectivity index (χ0n) is 12.3. The fourth-order valence-corrected chi connectivity index (χ4v) is 3.65. The van der Waals surface area contributed by atoms with Crippen LogP contribution in [0.3, 0.4) is 0 Å². The molecule has 1 N–H and O–H groups in total. The normalized spacial score (nSPS) is 29.3. The second kappa shape index (κ2) is 4.70. The first kappa shape index (κ1) is 13.6. The standard InChI is InChI=1S/C19H18O3/c1-14(20)19-17(12-13-21-19)18(22-19,15-8-4-2-5-9-15)16-10-6-3-7-11-16/h2-14,17,20H,1H3/t14-,17+,19-/m1/s1. The van der Waals surface area contributed by atoms with E-state index in [1.165, 1.54) is 0 Å². The first-order chi connectivity index (χ1) is 10.7. The van der Waals surface area contributed by atoms with Gasteiger partial charge >= 0.3 is 0 Å². The van der Waals surface area contributed by atoms with Crippen molar-refractivity contribution in [2.45, 2.75) is 24.4 Å². The molecule has 2 aromatic carbocycles. The predicted molar refractivity (Wildman–Crippen MR) is 82.9 cm³/mol. The summed E-state index contributed by atoms with van der Waals surface area (Å²) >= 11 is 0. The lowest BCUT2D eigenvalue weighted by Crippen LogP contribution is -2.69. The number of rotatable bonds is 3. The summed E-state index contributed by atoms with van der Waals surface area (Å²) in [5.74, 6) is -1.05. The van der Waals surface area contributed by atoms with Crippen molar-refractivity contribution in [3.63, 3.8) is 0 Å². The van der Waals surface area contributed by atoms with Crippen molar-refractivity contribution >= 4 is 0 Å². The molecule has 22 heavy (non-hydrogen) atoms. The molecule has 0 spiro atoms. The molecule has 0 bridgehead atoms. The van der Waals surface area contributed by atoms with Gasteiger partial charge in [-0.05, 0) is 24.1 Å². The average molecular weight is 294 g/mol. The summed E-state index contributed by atoms with van der Waals surface area (Å²) in [6, 6.07) is 20.2. The van der Waals surface area contributed by atoms with Crippen molar-refractivity contribution in [3.05, 3.63) is 84.1 Å². The average Bonchev–Trinajstić information content (AvgIpc) is 2.89. The first-order valence-electron chi connectivity index (χ1n) is 7.54. The van der Waals surface area contributed by atoms with Crippen LogP contribution >= 0.6 is 0 Å². The van der Waals surface area contributed by atoms with Crippen LogP contribution < -0.4 is 0 Å². The molecule has 0 saturated carbocycles. The van der Waals surface area contributed by atoms with Crippen molar-refractivity contribution in [3.8, 4) is 0 Å². The molecule has 1 saturated heterocycles. The SMILES string of the molecule is C[C@@H](O)[C@]12OC=C[C@H]1C(c1ccccc1)(c1ccccc1)O2. The molecule has 3 heteroatoms. The Hall–Kier alpha value is -2.10. The van der Waals surface area contributed by atoms with E-state index in [9.17, 15) is 5.11 Å². The summed E-state index contributed by atoms with van der Waals surface area (Å²) in [7, 11) is 0. The summed E-state index contributed by atoms with van der Waals surface area (Å²) < 4.78 is 12.0. The van der Waals surface area contributed by atoms with Gasteiger partial charge < -0.3 is 14.6 Å². The van der Waals surface area contributed by atoms with Gasteiger partial charge in [-0.1, -0.05) is 60.7 Å². The maximum absolute atomic E-state index is 10.2. The molecule has 3 atom stereocenters. The Morgan fingerprint density at radius 1 is 0.955 bits per heavy atom. The minimum absolute atomic E-state index is 0.0650. The smallest absolute Gasteiger partial charge is 0.246 e. The Labute approximate surface area is 129 Å². The Balaban J connectivity index is 1.88. The highest BCUT2D eigenvalue weighted by Crippen LogP contribution is 2.61. The van der Waals surface area contributed by atoms with Crippen LogP contribution in [0.5, 0.6) is 0 Å². The van der Waals surface area contributed by atoms with Gasteiger partial charge in [-0.15, -0.1) is 0 Å². The van der Waals surface area contributed by atoms with Crippen molar-refractivity contribution in [1.82, 2.24) is 0 Å². The molecule has 112 valence electrons. The molecule has 2 aromatic rings. The molecule has 4 rings (SSSR count). The van der Waals surface area contributed by atoms with E-state index in [1.54, 1.807) is 13.2 Å². The van der Waals surface area contributed by atoms with Gasteiger partial charge in [-0.25, -0.2) is 0 Å². The summed E-state index contributed by atoms with van der Waals surface area (Å²) in [5.41, 5.74) is 1.52. The van der Waals surface area contributed by atoms with E-state index >= 15 is 0 Å². The summed E-state index contributed by atoms with van der Waals surface area (Å²) in [4.78, 5) is 0. The summed E-state index contributed by atoms with van der Waals surface area (Å²) in [5, 5.41) is 10.2. The van der Waals surface area contributed by atoms with Crippen molar-refractivity contribution < 1.29 is 14.6 Å². The molecule has 3 nitrogen and oxygen atoms in total. The van der Waals surface area contributed by atoms with Crippen LogP contribution in [0, 0.1) is 5.92 Å². The van der Waals surface area contributed by atoms with E-state index in [0.29, 0.717) is 0 Å². The minimum atomic E-state index is -0.980. The zero-order valence-corrected chi connectivity index (χ0v) is 12.3. The van der Waals surface area contributed by atoms with E-state index in [1.807, 2.05) is 42.5 Å². The number of aliphatic hydroxyl groups is 1. The fraction of sp³-hybridized carbons (Fsp3) is 0.263. The topological polar surface area (TPSA) is 38.7 Å². The maximum Gasteiger partial charge on any atom is 0.246 e. The van der Waals surface area contributed by atoms with Crippen molar-refractivity contribution in [2.75, 3.05) is 0 Å². The van der Waals surface area contributed by atoms with Crippen LogP contribution in [0.2, 0.25) is 0 Å². The van der Waals surface area contributed by atoms with Gasteiger partial charge in [0.1, 0.15) is 11.7 Å². The number of fused-ring (bicyclic) bond motifs is 1. The maximum atomic E-state index is 10.2. The van der Waals surface area contributed by atoms with Gasteiger partial charge in [0.2, 0.25) is 5.79 Å². The highest BCUT2D eigenvalue weighted by molar-refractivity contribution is 5.44. The quantitative estimate of drug-likeness (QED) is 0.945. The van der Waals surface area contributed by atoms with Gasteiger partial charge in [-0.2, -0.15) is 0 Å². The predicted octanol–water partition coefficient (Wildman–Crippen LogP) is 3.20. The third-order valence-electron chi connectivity index (χ3n) is 4.70. The van der Waals surface area contributed by atoms with Crippen molar-refractivity contribution in [2.24, 2.45) is 5.92 Å². The third kappa shape index (κ3) is 1.58. The second-order valence-electron chi connectivity index (χ2n) is 5.89. The molecule has 0 unspecified atom stereocenters. The molecule has 2 aliphatic rings. The number of ether oxygens (including phenoxy) is 2. The minimum Gasteiger partial charge on any atom is -0.467 e. The van der Waals surface area contributed by atoms with E-state index in [0.717, 1.165) is 11.1 Å². The van der Waals surface area contributed by atoms with E-state index < -0.39 is 17.5 Å². The molecule has 0 aromatic heterocycles. The number of benzene rings is 2. The number of hydrogen-bond acceptors (Lipinski definition) is 3. The first-order valence-corrected chi connectivity index (χ1v) is 7.54. The van der Waals surface area contributed by atoms with Gasteiger partial charge in [0.15, 0.2) is 0 Å². The number of aliphatic hydroxyl groups excluding tert-OH is 1. The largest absolute Gasteiger partial charge is 0.467 e. The Morgan fingerprint density at radius 3 is 2.00 bits per heavy atom. The molecular weight excluding hydrogens is 276 g/mol. The van der Waals surface area contributed by atoms with Crippen LogP contribution in [-0.4, -0.2) is 17.0 Å². The van der Waals surface area contributed by atoms with Crippen LogP contribution in [0.15, 0.2) is 73.0 Å². The van der Waals surface area contributed by atoms with Crippen molar-refractivity contribution in [1.29, 1.82) is 0 Å². The molecular formula is C19H18O3. The lowest BCUT2D eigenvalue weighted by Gasteiger charge is -2.59. The lowest BCUT2D eigenvalue weighted by atomic mass is 9.66. The second-order valence-corrected chi connectivity index (χ2v) is 5.89. The number of hydrogen-bond donors (Lipinski definition) is 1. The summed E-state index contributed by atoms with van der Waals surface area (Å²) in [6.45, 7) is 1.71. The lowest BCUT2D eigenvalue weighted by molar-refractivity contribution is -0.408. The van der Waals surface area contributed by atoms with Gasteiger partial charge in [0, 0.05) is 0 Å². The Kier molecular flexibility index (Phi) is 2.90. The van der Waals surface area contributed by atoms with Gasteiger partial charge in [0.25, 0.3) is 0 Å². The molecule has 2 heterocycles. The zero-order chi connectivity index (χ0) is 15.2. The highest BCUT2D eigenvalue weighted by atomic mass is 16.7. The molecule has 0 radical (unpaired) electrons. The van der Waals surface area contributed by atoms with Crippen LogP contribution in [-0.2, 0) is 15.1 Å². The van der Waals surface area contributed by atoms with Crippen LogP contribution in [0.1, 0.15) is 18.1 Å². The molecule has 2 aliphatic heterocycles. The third-order valence-corrected chi connectivity index (χ3v) is 4.70. The van der Waals surface area contributed by atoms with Gasteiger partial charge in [0.05, 0.1) is 12.2 Å². The van der Waals surface area contributed by atoms with E-state index in [4.69, 9.17) is 9.47 Å². The van der Waals surface area contributed by atoms with E-state index in [2.05, 4.69) is 24.3 Å². The molecule has 0 aliphatic carbocycles. The Bertz CT molecular complexity index is 654.